The summed E-state index contributed by atoms with van der Waals surface area (Å²) in [7, 11) is 1.55. The molecular formula is C33H32N2O6S. The van der Waals surface area contributed by atoms with Gasteiger partial charge in [-0.2, -0.15) is 0 Å². The van der Waals surface area contributed by atoms with Gasteiger partial charge < -0.3 is 18.9 Å². The molecule has 0 saturated carbocycles. The van der Waals surface area contributed by atoms with E-state index in [2.05, 4.69) is 4.99 Å². The van der Waals surface area contributed by atoms with Crippen molar-refractivity contribution in [3.05, 3.63) is 120 Å². The third-order valence-corrected chi connectivity index (χ3v) is 7.76. The maximum atomic E-state index is 14.1. The van der Waals surface area contributed by atoms with Gasteiger partial charge in [0.15, 0.2) is 16.3 Å². The van der Waals surface area contributed by atoms with Crippen LogP contribution in [-0.4, -0.2) is 30.9 Å². The number of carbonyl (C=O) groups excluding carboxylic acids is 1. The molecule has 2 heterocycles. The van der Waals surface area contributed by atoms with E-state index < -0.39 is 12.0 Å². The predicted molar refractivity (Wildman–Crippen MR) is 162 cm³/mol. The molecule has 1 atom stereocenters. The maximum Gasteiger partial charge on any atom is 0.338 e. The number of hydrogen-bond donors (Lipinski definition) is 0. The molecule has 4 aromatic rings. The molecule has 3 aromatic carbocycles. The number of fused-ring (bicyclic) bond motifs is 1. The van der Waals surface area contributed by atoms with Gasteiger partial charge in [-0.1, -0.05) is 72.0 Å². The summed E-state index contributed by atoms with van der Waals surface area (Å²) >= 11 is 1.25. The van der Waals surface area contributed by atoms with Crippen LogP contribution in [0.15, 0.2) is 93.9 Å². The molecule has 5 rings (SSSR count). The Morgan fingerprint density at radius 1 is 0.952 bits per heavy atom. The molecule has 0 saturated heterocycles. The fourth-order valence-electron chi connectivity index (χ4n) is 4.90. The van der Waals surface area contributed by atoms with E-state index in [9.17, 15) is 9.59 Å². The van der Waals surface area contributed by atoms with Gasteiger partial charge in [0.05, 0.1) is 36.1 Å². The lowest BCUT2D eigenvalue weighted by Crippen LogP contribution is -2.40. The Morgan fingerprint density at radius 2 is 1.69 bits per heavy atom. The third kappa shape index (κ3) is 5.73. The van der Waals surface area contributed by atoms with Crippen molar-refractivity contribution in [2.24, 2.45) is 4.99 Å². The molecule has 1 aliphatic rings. The Balaban J connectivity index is 1.67. The van der Waals surface area contributed by atoms with Crippen LogP contribution in [0.4, 0.5) is 0 Å². The number of allylic oxidation sites excluding steroid dienone is 1. The van der Waals surface area contributed by atoms with Gasteiger partial charge in [0.25, 0.3) is 5.56 Å². The van der Waals surface area contributed by atoms with Crippen LogP contribution in [-0.2, 0) is 16.1 Å². The van der Waals surface area contributed by atoms with Crippen molar-refractivity contribution < 1.29 is 23.7 Å². The molecule has 8 nitrogen and oxygen atoms in total. The topological polar surface area (TPSA) is 88.4 Å². The number of methoxy groups -OCH3 is 1. The van der Waals surface area contributed by atoms with Crippen molar-refractivity contribution >= 4 is 23.4 Å². The first-order valence-corrected chi connectivity index (χ1v) is 14.5. The van der Waals surface area contributed by atoms with Gasteiger partial charge in [0.1, 0.15) is 18.4 Å². The summed E-state index contributed by atoms with van der Waals surface area (Å²) in [6.07, 6.45) is 1.81. The van der Waals surface area contributed by atoms with E-state index in [4.69, 9.17) is 18.9 Å². The Morgan fingerprint density at radius 3 is 2.43 bits per heavy atom. The molecule has 1 aromatic heterocycles. The van der Waals surface area contributed by atoms with Gasteiger partial charge >= 0.3 is 5.97 Å². The molecule has 0 unspecified atom stereocenters. The summed E-state index contributed by atoms with van der Waals surface area (Å²) in [5.41, 5.74) is 2.86. The highest BCUT2D eigenvalue weighted by atomic mass is 32.1. The summed E-state index contributed by atoms with van der Waals surface area (Å²) in [5.74, 6) is 1.07. The highest BCUT2D eigenvalue weighted by Crippen LogP contribution is 2.40. The number of hydrogen-bond acceptors (Lipinski definition) is 8. The first-order valence-electron chi connectivity index (χ1n) is 13.7. The molecule has 1 aliphatic heterocycles. The molecule has 42 heavy (non-hydrogen) atoms. The summed E-state index contributed by atoms with van der Waals surface area (Å²) in [6, 6.07) is 22.1. The standard InChI is InChI=1S/C33H32N2O6S/c1-5-39-30-24(16-12-18-26(30)38-4)29-28(32(37)40-6-2)21(3)34-33-35(29)31(36)27(42-33)19-23-15-10-11-17-25(23)41-20-22-13-8-7-9-14-22/h7-19,29H,5-6,20H2,1-4H3/b27-19+/t29-/m1/s1. The number of aromatic nitrogens is 1. The van der Waals surface area contributed by atoms with Crippen LogP contribution in [0.2, 0.25) is 0 Å². The van der Waals surface area contributed by atoms with Gasteiger partial charge in [0.2, 0.25) is 0 Å². The third-order valence-electron chi connectivity index (χ3n) is 6.77. The van der Waals surface area contributed by atoms with Crippen molar-refractivity contribution in [1.29, 1.82) is 0 Å². The molecule has 216 valence electrons. The second-order valence-electron chi connectivity index (χ2n) is 9.43. The minimum atomic E-state index is -0.830. The first kappa shape index (κ1) is 28.9. The number of nitrogens with zero attached hydrogens (tertiary/aromatic N) is 2. The number of esters is 1. The molecule has 0 bridgehead atoms. The minimum Gasteiger partial charge on any atom is -0.493 e. The normalized spacial score (nSPS) is 14.7. The lowest BCUT2D eigenvalue weighted by atomic mass is 9.94. The Bertz CT molecular complexity index is 1810. The molecule has 9 heteroatoms. The number of thiazole rings is 1. The number of ether oxygens (including phenoxy) is 4. The maximum absolute atomic E-state index is 14.1. The monoisotopic (exact) mass is 584 g/mol. The van der Waals surface area contributed by atoms with Crippen LogP contribution in [0, 0.1) is 0 Å². The van der Waals surface area contributed by atoms with E-state index in [0.29, 0.717) is 51.1 Å². The van der Waals surface area contributed by atoms with E-state index in [1.165, 1.54) is 11.3 Å². The van der Waals surface area contributed by atoms with E-state index in [1.54, 1.807) is 37.7 Å². The molecule has 0 spiro atoms. The molecular weight excluding hydrogens is 552 g/mol. The van der Waals surface area contributed by atoms with E-state index in [0.717, 1.165) is 11.1 Å². The van der Waals surface area contributed by atoms with Crippen LogP contribution in [0.3, 0.4) is 0 Å². The van der Waals surface area contributed by atoms with Crippen molar-refractivity contribution in [3.63, 3.8) is 0 Å². The summed E-state index contributed by atoms with van der Waals surface area (Å²) in [5, 5.41) is 0. The number of carbonyl (C=O) groups is 1. The number of rotatable bonds is 10. The zero-order chi connectivity index (χ0) is 29.6. The van der Waals surface area contributed by atoms with Gasteiger partial charge in [0, 0.05) is 11.1 Å². The average molecular weight is 585 g/mol. The summed E-state index contributed by atoms with van der Waals surface area (Å²) in [6.45, 7) is 6.31. The Labute approximate surface area is 247 Å². The van der Waals surface area contributed by atoms with Crippen molar-refractivity contribution in [3.8, 4) is 17.2 Å². The summed E-state index contributed by atoms with van der Waals surface area (Å²) < 4.78 is 25.1. The van der Waals surface area contributed by atoms with Crippen molar-refractivity contribution in [2.75, 3.05) is 20.3 Å². The van der Waals surface area contributed by atoms with Gasteiger partial charge in [-0.15, -0.1) is 0 Å². The smallest absolute Gasteiger partial charge is 0.338 e. The first-order chi connectivity index (χ1) is 20.5. The van der Waals surface area contributed by atoms with Crippen LogP contribution in [0.1, 0.15) is 43.5 Å². The largest absolute Gasteiger partial charge is 0.493 e. The number of benzene rings is 3. The van der Waals surface area contributed by atoms with Crippen molar-refractivity contribution in [1.82, 2.24) is 4.57 Å². The summed E-state index contributed by atoms with van der Waals surface area (Å²) in [4.78, 5) is 32.6. The molecule has 0 fully saturated rings. The molecule has 0 N–H and O–H groups in total. The average Bonchev–Trinajstić information content (AvgIpc) is 3.30. The highest BCUT2D eigenvalue weighted by molar-refractivity contribution is 7.07. The fraction of sp³-hybridized carbons (Fsp3) is 0.242. The lowest BCUT2D eigenvalue weighted by Gasteiger charge is -2.26. The second-order valence-corrected chi connectivity index (χ2v) is 10.4. The van der Waals surface area contributed by atoms with Gasteiger partial charge in [-0.25, -0.2) is 9.79 Å². The number of para-hydroxylation sites is 2. The van der Waals surface area contributed by atoms with Gasteiger partial charge in [-0.3, -0.25) is 9.36 Å². The van der Waals surface area contributed by atoms with Gasteiger partial charge in [-0.05, 0) is 44.5 Å². The SMILES string of the molecule is CCOC(=O)C1=C(C)N=c2s/c(=C/c3ccccc3OCc3ccccc3)c(=O)n2[C@@H]1c1cccc(OC)c1OCC. The zero-order valence-corrected chi connectivity index (χ0v) is 24.8. The van der Waals surface area contributed by atoms with E-state index >= 15 is 0 Å². The van der Waals surface area contributed by atoms with Crippen LogP contribution >= 0.6 is 11.3 Å². The second kappa shape index (κ2) is 12.9. The van der Waals surface area contributed by atoms with Crippen LogP contribution in [0.25, 0.3) is 6.08 Å². The highest BCUT2D eigenvalue weighted by Gasteiger charge is 2.36. The Kier molecular flexibility index (Phi) is 8.88. The Hall–Kier alpha value is -4.63. The van der Waals surface area contributed by atoms with Crippen LogP contribution < -0.4 is 29.1 Å². The lowest BCUT2D eigenvalue weighted by molar-refractivity contribution is -0.139. The van der Waals surface area contributed by atoms with E-state index in [-0.39, 0.29) is 17.7 Å². The molecule has 0 amide bonds. The quantitative estimate of drug-likeness (QED) is 0.249. The fourth-order valence-corrected chi connectivity index (χ4v) is 5.94. The zero-order valence-electron chi connectivity index (χ0n) is 24.0. The predicted octanol–water partition coefficient (Wildman–Crippen LogP) is 4.78. The minimum absolute atomic E-state index is 0.183. The molecule has 0 aliphatic carbocycles. The van der Waals surface area contributed by atoms with E-state index in [1.807, 2.05) is 73.7 Å². The van der Waals surface area contributed by atoms with Crippen LogP contribution in [0.5, 0.6) is 17.2 Å². The van der Waals surface area contributed by atoms with Crippen molar-refractivity contribution in [2.45, 2.75) is 33.4 Å². The molecule has 0 radical (unpaired) electrons.